The minimum Gasteiger partial charge on any atom is -0.301 e. The first-order valence-corrected chi connectivity index (χ1v) is 13.3. The van der Waals surface area contributed by atoms with E-state index < -0.39 is 0 Å². The number of hydrogen-bond donors (Lipinski definition) is 0. The van der Waals surface area contributed by atoms with Crippen molar-refractivity contribution >= 4 is 10.8 Å². The molecule has 3 aromatic carbocycles. The summed E-state index contributed by atoms with van der Waals surface area (Å²) in [6, 6.07) is 21.8. The summed E-state index contributed by atoms with van der Waals surface area (Å²) in [6.07, 6.45) is 5.08. The first kappa shape index (κ1) is 22.7. The van der Waals surface area contributed by atoms with Crippen LogP contribution in [0.4, 0.5) is 0 Å². The summed E-state index contributed by atoms with van der Waals surface area (Å²) in [7, 11) is 0. The largest absolute Gasteiger partial charge is 0.301 e. The molecule has 0 aromatic heterocycles. The Hall–Kier alpha value is -2.12. The summed E-state index contributed by atoms with van der Waals surface area (Å²) in [4.78, 5) is 2.65. The molecule has 0 N–H and O–H groups in total. The molecule has 3 atom stereocenters. The van der Waals surface area contributed by atoms with E-state index in [1.807, 2.05) is 0 Å². The maximum absolute atomic E-state index is 2.65. The molecular weight excluding hydrogens is 398 g/mol. The van der Waals surface area contributed by atoms with Crippen molar-refractivity contribution in [3.8, 4) is 0 Å². The maximum Gasteiger partial charge on any atom is 0.00387 e. The zero-order chi connectivity index (χ0) is 23.1. The Bertz CT molecular complexity index is 1120. The summed E-state index contributed by atoms with van der Waals surface area (Å²) in [5, 5.41) is 2.82. The first-order valence-electron chi connectivity index (χ1n) is 13.3. The van der Waals surface area contributed by atoms with Gasteiger partial charge in [-0.2, -0.15) is 0 Å². The van der Waals surface area contributed by atoms with E-state index in [0.29, 0.717) is 23.8 Å². The van der Waals surface area contributed by atoms with E-state index in [-0.39, 0.29) is 0 Å². The molecule has 2 aliphatic rings. The highest BCUT2D eigenvalue weighted by molar-refractivity contribution is 5.87. The second-order valence-corrected chi connectivity index (χ2v) is 11.5. The van der Waals surface area contributed by atoms with Crippen LogP contribution < -0.4 is 0 Å². The summed E-state index contributed by atoms with van der Waals surface area (Å²) in [5.41, 5.74) is 7.87. The molecule has 1 nitrogen and oxygen atoms in total. The molecule has 0 spiro atoms. The Balaban J connectivity index is 1.34. The van der Waals surface area contributed by atoms with Crippen molar-refractivity contribution in [2.75, 3.05) is 13.1 Å². The molecule has 3 aromatic rings. The lowest BCUT2D eigenvalue weighted by atomic mass is 9.84. The minimum atomic E-state index is 0.544. The van der Waals surface area contributed by atoms with E-state index in [9.17, 15) is 0 Å². The third-order valence-electron chi connectivity index (χ3n) is 8.49. The van der Waals surface area contributed by atoms with Gasteiger partial charge in [0, 0.05) is 12.6 Å². The standard InChI is InChI=1S/C32H41N/c1-21(2)32-30-9-7-6-8-25(30)12-13-31(32)29-18-27-11-10-26(17-28(27)19-29)23(5)16-24-14-15-33(20-24)22(3)4/h6-13,17,21-24,29H,14-16,18-20H2,1-5H3. The summed E-state index contributed by atoms with van der Waals surface area (Å²) in [5.74, 6) is 2.66. The van der Waals surface area contributed by atoms with Crippen molar-refractivity contribution in [2.45, 2.75) is 84.1 Å². The highest BCUT2D eigenvalue weighted by Crippen LogP contribution is 2.41. The summed E-state index contributed by atoms with van der Waals surface area (Å²) in [6.45, 7) is 14.4. The highest BCUT2D eigenvalue weighted by atomic mass is 15.2. The van der Waals surface area contributed by atoms with Crippen molar-refractivity contribution in [1.29, 1.82) is 0 Å². The predicted molar refractivity (Wildman–Crippen MR) is 142 cm³/mol. The maximum atomic E-state index is 2.65. The number of nitrogens with zero attached hydrogens (tertiary/aromatic N) is 1. The van der Waals surface area contributed by atoms with Crippen LogP contribution in [-0.2, 0) is 12.8 Å². The van der Waals surface area contributed by atoms with Crippen LogP contribution in [0.1, 0.15) is 93.0 Å². The van der Waals surface area contributed by atoms with Gasteiger partial charge in [-0.05, 0) is 108 Å². The van der Waals surface area contributed by atoms with Crippen LogP contribution in [0.3, 0.4) is 0 Å². The average molecular weight is 440 g/mol. The quantitative estimate of drug-likeness (QED) is 0.375. The molecule has 1 saturated heterocycles. The van der Waals surface area contributed by atoms with E-state index in [1.165, 1.54) is 49.5 Å². The van der Waals surface area contributed by atoms with Crippen LogP contribution in [0, 0.1) is 5.92 Å². The van der Waals surface area contributed by atoms with Gasteiger partial charge in [0.15, 0.2) is 0 Å². The van der Waals surface area contributed by atoms with Crippen LogP contribution >= 0.6 is 0 Å². The van der Waals surface area contributed by atoms with Crippen molar-refractivity contribution in [2.24, 2.45) is 5.92 Å². The zero-order valence-electron chi connectivity index (χ0n) is 21.3. The Morgan fingerprint density at radius 1 is 0.879 bits per heavy atom. The third kappa shape index (κ3) is 4.50. The Morgan fingerprint density at radius 2 is 1.67 bits per heavy atom. The molecule has 0 saturated carbocycles. The molecule has 5 rings (SSSR count). The summed E-state index contributed by atoms with van der Waals surface area (Å²) < 4.78 is 0. The van der Waals surface area contributed by atoms with Crippen LogP contribution in [0.5, 0.6) is 0 Å². The second kappa shape index (κ2) is 9.26. The Labute approximate surface area is 201 Å². The molecule has 3 unspecified atom stereocenters. The third-order valence-corrected chi connectivity index (χ3v) is 8.49. The average Bonchev–Trinajstić information content (AvgIpc) is 3.44. The van der Waals surface area contributed by atoms with Gasteiger partial charge in [0.05, 0.1) is 0 Å². The zero-order valence-corrected chi connectivity index (χ0v) is 21.3. The second-order valence-electron chi connectivity index (χ2n) is 11.5. The van der Waals surface area contributed by atoms with Gasteiger partial charge in [0.2, 0.25) is 0 Å². The van der Waals surface area contributed by atoms with Gasteiger partial charge >= 0.3 is 0 Å². The number of benzene rings is 3. The van der Waals surface area contributed by atoms with E-state index in [0.717, 1.165) is 5.92 Å². The lowest BCUT2D eigenvalue weighted by Crippen LogP contribution is -2.28. The van der Waals surface area contributed by atoms with Crippen LogP contribution in [0.25, 0.3) is 10.8 Å². The molecule has 33 heavy (non-hydrogen) atoms. The molecule has 1 aliphatic carbocycles. The van der Waals surface area contributed by atoms with Gasteiger partial charge in [-0.25, -0.2) is 0 Å². The van der Waals surface area contributed by atoms with Gasteiger partial charge in [-0.3, -0.25) is 0 Å². The van der Waals surface area contributed by atoms with Crippen LogP contribution in [-0.4, -0.2) is 24.0 Å². The molecule has 1 heteroatoms. The van der Waals surface area contributed by atoms with Crippen LogP contribution in [0.2, 0.25) is 0 Å². The van der Waals surface area contributed by atoms with E-state index in [1.54, 1.807) is 27.8 Å². The molecule has 0 bridgehead atoms. The van der Waals surface area contributed by atoms with Crippen molar-refractivity contribution in [3.63, 3.8) is 0 Å². The van der Waals surface area contributed by atoms with Crippen molar-refractivity contribution in [3.05, 3.63) is 82.4 Å². The van der Waals surface area contributed by atoms with Gasteiger partial charge in [-0.1, -0.05) is 75.4 Å². The van der Waals surface area contributed by atoms with Crippen molar-refractivity contribution in [1.82, 2.24) is 4.90 Å². The number of hydrogen-bond acceptors (Lipinski definition) is 1. The van der Waals surface area contributed by atoms with E-state index in [2.05, 4.69) is 94.1 Å². The molecule has 174 valence electrons. The smallest absolute Gasteiger partial charge is 0.00387 e. The normalized spacial score (nSPS) is 21.9. The predicted octanol–water partition coefficient (Wildman–Crippen LogP) is 8.07. The molecule has 1 heterocycles. The lowest BCUT2D eigenvalue weighted by molar-refractivity contribution is 0.261. The molecule has 0 amide bonds. The monoisotopic (exact) mass is 439 g/mol. The first-order chi connectivity index (χ1) is 15.9. The number of rotatable bonds is 6. The van der Waals surface area contributed by atoms with Gasteiger partial charge in [-0.15, -0.1) is 0 Å². The van der Waals surface area contributed by atoms with E-state index >= 15 is 0 Å². The molecule has 1 fully saturated rings. The fraction of sp³-hybridized carbons (Fsp3) is 0.500. The fourth-order valence-corrected chi connectivity index (χ4v) is 6.64. The number of fused-ring (bicyclic) bond motifs is 2. The Kier molecular flexibility index (Phi) is 6.36. The summed E-state index contributed by atoms with van der Waals surface area (Å²) >= 11 is 0. The van der Waals surface area contributed by atoms with Gasteiger partial charge in [0.25, 0.3) is 0 Å². The highest BCUT2D eigenvalue weighted by Gasteiger charge is 2.29. The topological polar surface area (TPSA) is 3.24 Å². The van der Waals surface area contributed by atoms with Gasteiger partial charge < -0.3 is 4.90 Å². The SMILES string of the molecule is CC(C)c1c(C2Cc3ccc(C(C)CC4CCN(C(C)C)C4)cc3C2)ccc2ccccc12. The van der Waals surface area contributed by atoms with E-state index in [4.69, 9.17) is 0 Å². The number of likely N-dealkylation sites (tertiary alicyclic amines) is 1. The van der Waals surface area contributed by atoms with Crippen LogP contribution in [0.15, 0.2) is 54.6 Å². The fourth-order valence-electron chi connectivity index (χ4n) is 6.64. The van der Waals surface area contributed by atoms with Gasteiger partial charge in [0.1, 0.15) is 0 Å². The lowest BCUT2D eigenvalue weighted by Gasteiger charge is -2.22. The molecule has 0 radical (unpaired) electrons. The Morgan fingerprint density at radius 3 is 2.42 bits per heavy atom. The molecule has 1 aliphatic heterocycles. The molecular formula is C32H41N. The van der Waals surface area contributed by atoms with Crippen molar-refractivity contribution < 1.29 is 0 Å². The minimum absolute atomic E-state index is 0.544.